The molecule has 5 heteroatoms. The van der Waals surface area contributed by atoms with Crippen LogP contribution in [0, 0.1) is 9.39 Å². The molecule has 0 saturated carbocycles. The van der Waals surface area contributed by atoms with Gasteiger partial charge in [0.25, 0.3) is 0 Å². The molecule has 0 N–H and O–H groups in total. The number of alkyl halides is 3. The number of rotatable bonds is 1. The average molecular weight is 366 g/mol. The standard InChI is InChI=1S/C13H7F4I/c14-10-3-1-2-8(6-10)9-4-5-12(18)11(7-9)13(15,16)17/h1-7H. The van der Waals surface area contributed by atoms with Gasteiger partial charge >= 0.3 is 6.18 Å². The molecule has 94 valence electrons. The van der Waals surface area contributed by atoms with Gasteiger partial charge in [0.1, 0.15) is 5.82 Å². The van der Waals surface area contributed by atoms with E-state index in [1.807, 2.05) is 0 Å². The Hall–Kier alpha value is -1.11. The third-order valence-corrected chi connectivity index (χ3v) is 3.37. The molecule has 0 aromatic heterocycles. The molecule has 18 heavy (non-hydrogen) atoms. The summed E-state index contributed by atoms with van der Waals surface area (Å²) < 4.78 is 51.4. The topological polar surface area (TPSA) is 0 Å². The van der Waals surface area contributed by atoms with Crippen molar-refractivity contribution in [1.29, 1.82) is 0 Å². The Morgan fingerprint density at radius 1 is 0.889 bits per heavy atom. The molecule has 0 nitrogen and oxygen atoms in total. The highest BCUT2D eigenvalue weighted by atomic mass is 127. The lowest BCUT2D eigenvalue weighted by Crippen LogP contribution is -2.07. The highest BCUT2D eigenvalue weighted by Gasteiger charge is 2.33. The summed E-state index contributed by atoms with van der Waals surface area (Å²) in [4.78, 5) is 0. The normalized spacial score (nSPS) is 11.6. The van der Waals surface area contributed by atoms with Crippen LogP contribution in [0.4, 0.5) is 17.6 Å². The molecule has 0 aliphatic heterocycles. The van der Waals surface area contributed by atoms with Crippen LogP contribution < -0.4 is 0 Å². The fraction of sp³-hybridized carbons (Fsp3) is 0.0769. The fourth-order valence-corrected chi connectivity index (χ4v) is 2.23. The molecule has 2 aromatic rings. The van der Waals surface area contributed by atoms with Crippen molar-refractivity contribution in [2.24, 2.45) is 0 Å². The molecule has 0 aliphatic carbocycles. The predicted octanol–water partition coefficient (Wildman–Crippen LogP) is 5.12. The molecule has 0 atom stereocenters. The molecular weight excluding hydrogens is 359 g/mol. The second-order valence-corrected chi connectivity index (χ2v) is 4.86. The summed E-state index contributed by atoms with van der Waals surface area (Å²) in [6.07, 6.45) is -4.40. The van der Waals surface area contributed by atoms with Gasteiger partial charge in [0, 0.05) is 3.57 Å². The van der Waals surface area contributed by atoms with Crippen molar-refractivity contribution in [3.05, 3.63) is 57.4 Å². The number of hydrogen-bond donors (Lipinski definition) is 0. The van der Waals surface area contributed by atoms with Crippen molar-refractivity contribution in [3.8, 4) is 11.1 Å². The van der Waals surface area contributed by atoms with Crippen LogP contribution >= 0.6 is 22.6 Å². The van der Waals surface area contributed by atoms with Gasteiger partial charge in [-0.2, -0.15) is 13.2 Å². The van der Waals surface area contributed by atoms with Gasteiger partial charge in [-0.05, 0) is 58.0 Å². The maximum atomic E-state index is 13.0. The number of hydrogen-bond acceptors (Lipinski definition) is 0. The van der Waals surface area contributed by atoms with Gasteiger partial charge in [-0.15, -0.1) is 0 Å². The zero-order valence-corrected chi connectivity index (χ0v) is 11.1. The monoisotopic (exact) mass is 366 g/mol. The molecule has 0 radical (unpaired) electrons. The minimum absolute atomic E-state index is 0.125. The summed E-state index contributed by atoms with van der Waals surface area (Å²) in [5, 5.41) is 0. The fourth-order valence-electron chi connectivity index (χ4n) is 1.59. The first-order valence-electron chi connectivity index (χ1n) is 5.00. The van der Waals surface area contributed by atoms with Gasteiger partial charge in [0.2, 0.25) is 0 Å². The zero-order valence-electron chi connectivity index (χ0n) is 8.93. The Bertz CT molecular complexity index is 575. The minimum Gasteiger partial charge on any atom is -0.207 e. The second kappa shape index (κ2) is 4.87. The first kappa shape index (κ1) is 13.3. The second-order valence-electron chi connectivity index (χ2n) is 3.70. The van der Waals surface area contributed by atoms with Crippen LogP contribution in [0.2, 0.25) is 0 Å². The van der Waals surface area contributed by atoms with E-state index in [4.69, 9.17) is 0 Å². The molecule has 0 fully saturated rings. The van der Waals surface area contributed by atoms with E-state index in [2.05, 4.69) is 0 Å². The molecule has 0 spiro atoms. The van der Waals surface area contributed by atoms with Gasteiger partial charge in [0.05, 0.1) is 5.56 Å². The third-order valence-electron chi connectivity index (χ3n) is 2.43. The highest BCUT2D eigenvalue weighted by molar-refractivity contribution is 14.1. The molecule has 0 heterocycles. The first-order chi connectivity index (χ1) is 8.38. The van der Waals surface area contributed by atoms with E-state index in [0.29, 0.717) is 11.1 Å². The van der Waals surface area contributed by atoms with Gasteiger partial charge in [0.15, 0.2) is 0 Å². The average Bonchev–Trinajstić information content (AvgIpc) is 2.28. The number of benzene rings is 2. The van der Waals surface area contributed by atoms with Crippen LogP contribution in [-0.4, -0.2) is 0 Å². The lowest BCUT2D eigenvalue weighted by atomic mass is 10.0. The molecule has 0 bridgehead atoms. The van der Waals surface area contributed by atoms with E-state index in [1.165, 1.54) is 24.3 Å². The largest absolute Gasteiger partial charge is 0.417 e. The predicted molar refractivity (Wildman–Crippen MR) is 69.6 cm³/mol. The molecule has 0 aliphatic rings. The smallest absolute Gasteiger partial charge is 0.207 e. The summed E-state index contributed by atoms with van der Waals surface area (Å²) in [6.45, 7) is 0. The number of halogens is 5. The maximum absolute atomic E-state index is 13.0. The Balaban J connectivity index is 2.54. The van der Waals surface area contributed by atoms with E-state index >= 15 is 0 Å². The molecule has 0 amide bonds. The van der Waals surface area contributed by atoms with E-state index < -0.39 is 17.6 Å². The van der Waals surface area contributed by atoms with Crippen molar-refractivity contribution >= 4 is 22.6 Å². The van der Waals surface area contributed by atoms with Crippen LogP contribution in [0.25, 0.3) is 11.1 Å². The van der Waals surface area contributed by atoms with Crippen molar-refractivity contribution < 1.29 is 17.6 Å². The Kier molecular flexibility index (Phi) is 3.61. The van der Waals surface area contributed by atoms with Crippen LogP contribution in [0.3, 0.4) is 0 Å². The molecule has 2 rings (SSSR count). The molecular formula is C13H7F4I. The molecule has 2 aromatic carbocycles. The van der Waals surface area contributed by atoms with E-state index in [9.17, 15) is 17.6 Å². The Morgan fingerprint density at radius 2 is 1.56 bits per heavy atom. The van der Waals surface area contributed by atoms with Crippen LogP contribution in [0.5, 0.6) is 0 Å². The van der Waals surface area contributed by atoms with Gasteiger partial charge in [-0.1, -0.05) is 18.2 Å². The van der Waals surface area contributed by atoms with Crippen LogP contribution in [0.1, 0.15) is 5.56 Å². The lowest BCUT2D eigenvalue weighted by molar-refractivity contribution is -0.138. The summed E-state index contributed by atoms with van der Waals surface area (Å²) in [5.41, 5.74) is 0.0732. The third kappa shape index (κ3) is 2.82. The van der Waals surface area contributed by atoms with E-state index in [1.54, 1.807) is 34.7 Å². The summed E-state index contributed by atoms with van der Waals surface area (Å²) in [5.74, 6) is -0.473. The summed E-state index contributed by atoms with van der Waals surface area (Å²) >= 11 is 1.63. The minimum atomic E-state index is -4.40. The Morgan fingerprint density at radius 3 is 2.17 bits per heavy atom. The van der Waals surface area contributed by atoms with E-state index in [-0.39, 0.29) is 3.57 Å². The Labute approximate surface area is 115 Å². The summed E-state index contributed by atoms with van der Waals surface area (Å²) in [6, 6.07) is 9.47. The van der Waals surface area contributed by atoms with Crippen molar-refractivity contribution in [1.82, 2.24) is 0 Å². The summed E-state index contributed by atoms with van der Waals surface area (Å²) in [7, 11) is 0. The van der Waals surface area contributed by atoms with Crippen LogP contribution in [0.15, 0.2) is 42.5 Å². The van der Waals surface area contributed by atoms with Crippen molar-refractivity contribution in [2.75, 3.05) is 0 Å². The van der Waals surface area contributed by atoms with Crippen molar-refractivity contribution in [3.63, 3.8) is 0 Å². The van der Waals surface area contributed by atoms with Crippen molar-refractivity contribution in [2.45, 2.75) is 6.18 Å². The van der Waals surface area contributed by atoms with E-state index in [0.717, 1.165) is 6.07 Å². The maximum Gasteiger partial charge on any atom is 0.417 e. The molecule has 0 unspecified atom stereocenters. The first-order valence-corrected chi connectivity index (χ1v) is 6.08. The quantitative estimate of drug-likeness (QED) is 0.486. The lowest BCUT2D eigenvalue weighted by Gasteiger charge is -2.11. The van der Waals surface area contributed by atoms with Gasteiger partial charge in [-0.25, -0.2) is 4.39 Å². The highest BCUT2D eigenvalue weighted by Crippen LogP contribution is 2.35. The SMILES string of the molecule is Fc1cccc(-c2ccc(I)c(C(F)(F)F)c2)c1. The van der Waals surface area contributed by atoms with Gasteiger partial charge in [-0.3, -0.25) is 0 Å². The van der Waals surface area contributed by atoms with Gasteiger partial charge < -0.3 is 0 Å². The molecule has 0 saturated heterocycles. The zero-order chi connectivity index (χ0) is 13.3. The van der Waals surface area contributed by atoms with Crippen LogP contribution in [-0.2, 0) is 6.18 Å².